The summed E-state index contributed by atoms with van der Waals surface area (Å²) in [5.74, 6) is 1.49. The number of benzene rings is 1. The van der Waals surface area contributed by atoms with E-state index in [9.17, 15) is 4.79 Å². The molecule has 2 aromatic heterocycles. The van der Waals surface area contributed by atoms with Crippen molar-refractivity contribution < 1.29 is 18.7 Å². The van der Waals surface area contributed by atoms with Gasteiger partial charge in [-0.2, -0.15) is 10.2 Å². The van der Waals surface area contributed by atoms with Crippen LogP contribution >= 0.6 is 0 Å². The smallest absolute Gasteiger partial charge is 0.289 e. The minimum atomic E-state index is -0.406. The van der Waals surface area contributed by atoms with Gasteiger partial charge in [-0.3, -0.25) is 9.89 Å². The van der Waals surface area contributed by atoms with Crippen molar-refractivity contribution in [2.45, 2.75) is 0 Å². The molecular formula is C19H18N4O4. The van der Waals surface area contributed by atoms with Crippen LogP contribution in [0.3, 0.4) is 0 Å². The van der Waals surface area contributed by atoms with Crippen molar-refractivity contribution in [1.29, 1.82) is 0 Å². The summed E-state index contributed by atoms with van der Waals surface area (Å²) >= 11 is 0. The predicted octanol–water partition coefficient (Wildman–Crippen LogP) is 3.12. The molecule has 1 amide bonds. The number of amides is 1. The molecule has 0 aliphatic rings. The number of hydrazone groups is 1. The first-order chi connectivity index (χ1) is 13.2. The molecule has 8 nitrogen and oxygen atoms in total. The minimum Gasteiger partial charge on any atom is -0.493 e. The molecule has 0 aliphatic carbocycles. The van der Waals surface area contributed by atoms with Crippen molar-refractivity contribution >= 4 is 18.2 Å². The number of nitrogens with one attached hydrogen (secondary N) is 2. The Morgan fingerprint density at radius 1 is 1.22 bits per heavy atom. The second-order valence-electron chi connectivity index (χ2n) is 5.33. The third kappa shape index (κ3) is 4.43. The molecule has 27 heavy (non-hydrogen) atoms. The molecule has 3 aromatic rings. The lowest BCUT2D eigenvalue weighted by Crippen LogP contribution is -2.17. The van der Waals surface area contributed by atoms with Gasteiger partial charge in [-0.1, -0.05) is 0 Å². The van der Waals surface area contributed by atoms with E-state index in [1.807, 2.05) is 12.1 Å². The molecule has 0 aliphatic heterocycles. The van der Waals surface area contributed by atoms with Crippen molar-refractivity contribution in [3.8, 4) is 22.8 Å². The summed E-state index contributed by atoms with van der Waals surface area (Å²) in [5.41, 5.74) is 4.09. The fraction of sp³-hybridized carbons (Fsp3) is 0.105. The van der Waals surface area contributed by atoms with Crippen molar-refractivity contribution in [2.24, 2.45) is 5.10 Å². The van der Waals surface area contributed by atoms with E-state index in [2.05, 4.69) is 20.7 Å². The molecule has 0 spiro atoms. The standard InChI is InChI=1S/C19H18N4O4/c1-25-17-8-7-13(11-18(17)26-2)15-12-16(22-21-15)19(24)23-20-9-3-5-14-6-4-10-27-14/h3-12H,1-2H3,(H,21,22)(H,23,24)/b5-3+,20-9+. The van der Waals surface area contributed by atoms with Gasteiger partial charge in [0.25, 0.3) is 5.91 Å². The van der Waals surface area contributed by atoms with Gasteiger partial charge in [0.2, 0.25) is 0 Å². The normalized spacial score (nSPS) is 11.2. The Morgan fingerprint density at radius 2 is 2.07 bits per heavy atom. The summed E-state index contributed by atoms with van der Waals surface area (Å²) in [6.07, 6.45) is 6.40. The molecule has 2 N–H and O–H groups in total. The zero-order valence-electron chi connectivity index (χ0n) is 14.8. The van der Waals surface area contributed by atoms with E-state index in [1.165, 1.54) is 6.21 Å². The van der Waals surface area contributed by atoms with Crippen molar-refractivity contribution in [3.05, 3.63) is 60.2 Å². The molecule has 0 saturated carbocycles. The van der Waals surface area contributed by atoms with Crippen LogP contribution in [0, 0.1) is 0 Å². The molecule has 2 heterocycles. The Balaban J connectivity index is 1.64. The lowest BCUT2D eigenvalue weighted by Gasteiger charge is -2.08. The van der Waals surface area contributed by atoms with Gasteiger partial charge in [0, 0.05) is 11.8 Å². The van der Waals surface area contributed by atoms with Crippen LogP contribution in [-0.2, 0) is 0 Å². The van der Waals surface area contributed by atoms with E-state index in [-0.39, 0.29) is 5.69 Å². The van der Waals surface area contributed by atoms with Crippen LogP contribution in [0.2, 0.25) is 0 Å². The highest BCUT2D eigenvalue weighted by molar-refractivity contribution is 5.94. The van der Waals surface area contributed by atoms with Crippen LogP contribution in [0.5, 0.6) is 11.5 Å². The maximum Gasteiger partial charge on any atom is 0.289 e. The Labute approximate surface area is 155 Å². The van der Waals surface area contributed by atoms with Gasteiger partial charge in [-0.15, -0.1) is 0 Å². The zero-order valence-corrected chi connectivity index (χ0v) is 14.8. The lowest BCUT2D eigenvalue weighted by atomic mass is 10.1. The molecule has 3 rings (SSSR count). The number of H-pyrrole nitrogens is 1. The molecule has 8 heteroatoms. The largest absolute Gasteiger partial charge is 0.493 e. The number of hydrogen-bond donors (Lipinski definition) is 2. The summed E-state index contributed by atoms with van der Waals surface area (Å²) in [5, 5.41) is 10.7. The Hall–Kier alpha value is -3.81. The van der Waals surface area contributed by atoms with Crippen LogP contribution in [0.15, 0.2) is 58.3 Å². The van der Waals surface area contributed by atoms with Gasteiger partial charge >= 0.3 is 0 Å². The molecule has 0 unspecified atom stereocenters. The van der Waals surface area contributed by atoms with E-state index in [0.29, 0.717) is 23.0 Å². The molecule has 0 bridgehead atoms. The number of ether oxygens (including phenoxy) is 2. The van der Waals surface area contributed by atoms with E-state index in [4.69, 9.17) is 13.9 Å². The van der Waals surface area contributed by atoms with Crippen molar-refractivity contribution in [2.75, 3.05) is 14.2 Å². The van der Waals surface area contributed by atoms with E-state index in [1.54, 1.807) is 56.9 Å². The SMILES string of the molecule is COc1ccc(-c2cc(C(=O)N/N=C/C=C/c3ccco3)[nH]n2)cc1OC. The Bertz CT molecular complexity index is 958. The number of hydrogen-bond acceptors (Lipinski definition) is 6. The van der Waals surface area contributed by atoms with Crippen LogP contribution in [0.1, 0.15) is 16.2 Å². The highest BCUT2D eigenvalue weighted by Gasteiger charge is 2.12. The second-order valence-corrected chi connectivity index (χ2v) is 5.33. The molecule has 138 valence electrons. The van der Waals surface area contributed by atoms with Gasteiger partial charge in [0.1, 0.15) is 11.5 Å². The van der Waals surface area contributed by atoms with Gasteiger partial charge in [0.05, 0.1) is 26.2 Å². The quantitative estimate of drug-likeness (QED) is 0.494. The maximum absolute atomic E-state index is 12.1. The van der Waals surface area contributed by atoms with Gasteiger partial charge in [-0.05, 0) is 48.6 Å². The average molecular weight is 366 g/mol. The third-order valence-electron chi connectivity index (χ3n) is 3.63. The summed E-state index contributed by atoms with van der Waals surface area (Å²) in [7, 11) is 3.13. The number of allylic oxidation sites excluding steroid dienone is 1. The van der Waals surface area contributed by atoms with Gasteiger partial charge in [-0.25, -0.2) is 5.43 Å². The fourth-order valence-electron chi connectivity index (χ4n) is 2.30. The maximum atomic E-state index is 12.1. The number of aromatic amines is 1. The highest BCUT2D eigenvalue weighted by Crippen LogP contribution is 2.31. The van der Waals surface area contributed by atoms with E-state index < -0.39 is 5.91 Å². The molecule has 0 radical (unpaired) electrons. The number of carbonyl (C=O) groups excluding carboxylic acids is 1. The first kappa shape index (κ1) is 18.0. The van der Waals surface area contributed by atoms with Crippen molar-refractivity contribution in [1.82, 2.24) is 15.6 Å². The molecule has 0 saturated heterocycles. The monoisotopic (exact) mass is 366 g/mol. The van der Waals surface area contributed by atoms with Crippen LogP contribution in [0.4, 0.5) is 0 Å². The summed E-state index contributed by atoms with van der Waals surface area (Å²) in [6, 6.07) is 10.6. The van der Waals surface area contributed by atoms with Crippen LogP contribution < -0.4 is 14.9 Å². The summed E-state index contributed by atoms with van der Waals surface area (Å²) < 4.78 is 15.6. The first-order valence-electron chi connectivity index (χ1n) is 8.02. The Kier molecular flexibility index (Phi) is 5.68. The fourth-order valence-corrected chi connectivity index (χ4v) is 2.30. The number of rotatable bonds is 7. The number of carbonyl (C=O) groups is 1. The number of nitrogens with zero attached hydrogens (tertiary/aromatic N) is 2. The molecular weight excluding hydrogens is 348 g/mol. The lowest BCUT2D eigenvalue weighted by molar-refractivity contribution is 0.0950. The van der Waals surface area contributed by atoms with Crippen LogP contribution in [0.25, 0.3) is 17.3 Å². The number of methoxy groups -OCH3 is 2. The second kappa shape index (κ2) is 8.52. The summed E-state index contributed by atoms with van der Waals surface area (Å²) in [6.45, 7) is 0. The van der Waals surface area contributed by atoms with Gasteiger partial charge < -0.3 is 13.9 Å². The molecule has 0 fully saturated rings. The average Bonchev–Trinajstić information content (AvgIpc) is 3.39. The zero-order chi connectivity index (χ0) is 19.1. The third-order valence-corrected chi connectivity index (χ3v) is 3.63. The topological polar surface area (TPSA) is 102 Å². The molecule has 0 atom stereocenters. The molecule has 1 aromatic carbocycles. The van der Waals surface area contributed by atoms with E-state index in [0.717, 1.165) is 5.56 Å². The van der Waals surface area contributed by atoms with Crippen LogP contribution in [-0.4, -0.2) is 36.5 Å². The van der Waals surface area contributed by atoms with Crippen molar-refractivity contribution in [3.63, 3.8) is 0 Å². The minimum absolute atomic E-state index is 0.284. The first-order valence-corrected chi connectivity index (χ1v) is 8.02. The highest BCUT2D eigenvalue weighted by atomic mass is 16.5. The Morgan fingerprint density at radius 3 is 2.81 bits per heavy atom. The van der Waals surface area contributed by atoms with E-state index >= 15 is 0 Å². The summed E-state index contributed by atoms with van der Waals surface area (Å²) in [4.78, 5) is 12.1. The number of furan rings is 1. The number of aromatic nitrogens is 2. The van der Waals surface area contributed by atoms with Gasteiger partial charge in [0.15, 0.2) is 11.5 Å². The predicted molar refractivity (Wildman–Crippen MR) is 101 cm³/mol.